The molecule has 0 spiro atoms. The van der Waals surface area contributed by atoms with Gasteiger partial charge < -0.3 is 28.7 Å². The van der Waals surface area contributed by atoms with Crippen molar-refractivity contribution in [1.82, 2.24) is 9.80 Å². The number of carbonyl (C=O) groups excluding carboxylic acids is 2. The van der Waals surface area contributed by atoms with Crippen LogP contribution in [0.2, 0.25) is 0 Å². The number of methoxy groups -OCH3 is 2. The molecule has 10 aliphatic rings. The van der Waals surface area contributed by atoms with Crippen LogP contribution in [0.1, 0.15) is 50.7 Å². The number of benzene rings is 2. The molecule has 2 amide bonds. The minimum absolute atomic E-state index is 0.121. The predicted octanol–water partition coefficient (Wildman–Crippen LogP) is 5.79. The van der Waals surface area contributed by atoms with Gasteiger partial charge in [0.25, 0.3) is 0 Å². The number of hydrogen-bond donors (Lipinski definition) is 0. The zero-order valence-corrected chi connectivity index (χ0v) is 29.1. The quantitative estimate of drug-likeness (QED) is 0.284. The highest BCUT2D eigenvalue weighted by molar-refractivity contribution is 5.95. The summed E-state index contributed by atoms with van der Waals surface area (Å²) in [5, 5.41) is 9.96. The van der Waals surface area contributed by atoms with E-state index in [0.29, 0.717) is 85.7 Å². The first-order chi connectivity index (χ1) is 24.4. The average molecular weight is 677 g/mol. The summed E-state index contributed by atoms with van der Waals surface area (Å²) in [4.78, 5) is 33.6. The number of carbonyl (C=O) groups is 2. The van der Waals surface area contributed by atoms with E-state index < -0.39 is 10.8 Å². The SMILES string of the molecule is CC=C1CN2C(=O)[C@]3(c4ccc(OC)cc4N=Nc4cc(OC)ccc4[C@@]45C[C@H]6[C@H]7CO[C@@H]4C[C@H]7/C(=C/C)CN6C5=O)C[C@H]2[C@H]2CO[C@@H]3C[C@@H]12. The molecule has 2 aromatic rings. The molecule has 0 N–H and O–H groups in total. The van der Waals surface area contributed by atoms with Gasteiger partial charge in [0, 0.05) is 49.1 Å². The molecule has 8 aliphatic heterocycles. The van der Waals surface area contributed by atoms with Gasteiger partial charge in [0.2, 0.25) is 11.8 Å². The first kappa shape index (κ1) is 30.8. The lowest BCUT2D eigenvalue weighted by Crippen LogP contribution is -2.59. The fourth-order valence-electron chi connectivity index (χ4n) is 11.8. The van der Waals surface area contributed by atoms with Gasteiger partial charge in [-0.2, -0.15) is 10.2 Å². The average Bonchev–Trinajstić information content (AvgIpc) is 3.37. The van der Waals surface area contributed by atoms with E-state index in [1.54, 1.807) is 14.2 Å². The maximum Gasteiger partial charge on any atom is 0.236 e. The lowest BCUT2D eigenvalue weighted by Gasteiger charge is -2.50. The molecule has 12 rings (SSSR count). The van der Waals surface area contributed by atoms with Gasteiger partial charge in [-0.25, -0.2) is 0 Å². The van der Waals surface area contributed by atoms with E-state index in [0.717, 1.165) is 24.0 Å². The largest absolute Gasteiger partial charge is 0.497 e. The van der Waals surface area contributed by atoms with Crippen molar-refractivity contribution in [2.24, 2.45) is 33.9 Å². The van der Waals surface area contributed by atoms with Crippen LogP contribution in [0.25, 0.3) is 0 Å². The molecule has 10 fully saturated rings. The first-order valence-electron chi connectivity index (χ1n) is 18.3. The number of azo groups is 1. The number of piperidine rings is 2. The highest BCUT2D eigenvalue weighted by Gasteiger charge is 2.69. The Labute approximate surface area is 292 Å². The lowest BCUT2D eigenvalue weighted by atomic mass is 9.69. The maximum atomic E-state index is 14.7. The minimum atomic E-state index is -0.858. The number of hydrogen-bond acceptors (Lipinski definition) is 8. The standard InChI is InChI=1S/C40H44N4O6/c1-5-21-17-43-33-15-39(37(43)45,35-13-25(21)27(33)19-49-35)29-9-7-23(47-3)11-31(29)41-42-32-12-24(48-4)8-10-30(32)40-16-34-28-20-50-36(40)14-26(28)22(6-2)18-44(34)38(40)46/h5-12,25-28,33-36H,13-20H2,1-4H3/b21-5+,22-6?,42-41?/t25-,26-,27-,28-,33-,34-,35+,36+,39-,40-/m0/s1. The highest BCUT2D eigenvalue weighted by Crippen LogP contribution is 2.61. The van der Waals surface area contributed by atoms with Gasteiger partial charge in [0.05, 0.1) is 51.0 Å². The Bertz CT molecular complexity index is 1790. The monoisotopic (exact) mass is 676 g/mol. The molecule has 2 aromatic carbocycles. The van der Waals surface area contributed by atoms with Gasteiger partial charge >= 0.3 is 0 Å². The Morgan fingerprint density at radius 1 is 0.720 bits per heavy atom. The molecule has 10 atom stereocenters. The molecule has 50 heavy (non-hydrogen) atoms. The van der Waals surface area contributed by atoms with Crippen molar-refractivity contribution in [2.45, 2.75) is 74.7 Å². The topological polar surface area (TPSA) is 102 Å². The van der Waals surface area contributed by atoms with Gasteiger partial charge in [-0.3, -0.25) is 9.59 Å². The molecule has 10 bridgehead atoms. The molecule has 0 aromatic heterocycles. The molecular formula is C40H44N4O6. The molecule has 260 valence electrons. The number of ether oxygens (including phenoxy) is 4. The van der Waals surface area contributed by atoms with Crippen molar-refractivity contribution in [3.8, 4) is 11.5 Å². The third-order valence-electron chi connectivity index (χ3n) is 14.2. The van der Waals surface area contributed by atoms with Gasteiger partial charge in [0.1, 0.15) is 22.3 Å². The summed E-state index contributed by atoms with van der Waals surface area (Å²) in [5.74, 6) is 2.98. The van der Waals surface area contributed by atoms with E-state index in [1.165, 1.54) is 11.1 Å². The van der Waals surface area contributed by atoms with Crippen LogP contribution < -0.4 is 9.47 Å². The van der Waals surface area contributed by atoms with E-state index in [9.17, 15) is 9.59 Å². The van der Waals surface area contributed by atoms with E-state index in [4.69, 9.17) is 29.2 Å². The summed E-state index contributed by atoms with van der Waals surface area (Å²) in [6, 6.07) is 11.9. The number of allylic oxidation sites excluding steroid dienone is 2. The van der Waals surface area contributed by atoms with Crippen molar-refractivity contribution < 1.29 is 28.5 Å². The van der Waals surface area contributed by atoms with Crippen molar-refractivity contribution in [3.63, 3.8) is 0 Å². The van der Waals surface area contributed by atoms with Gasteiger partial charge in [0.15, 0.2) is 0 Å². The fraction of sp³-hybridized carbons (Fsp3) is 0.550. The Morgan fingerprint density at radius 3 is 1.56 bits per heavy atom. The predicted molar refractivity (Wildman–Crippen MR) is 184 cm³/mol. The van der Waals surface area contributed by atoms with Crippen LogP contribution in [0.4, 0.5) is 11.4 Å². The molecule has 10 heteroatoms. The second-order valence-corrected chi connectivity index (χ2v) is 15.7. The number of nitrogens with zero attached hydrogens (tertiary/aromatic N) is 4. The van der Waals surface area contributed by atoms with Crippen molar-refractivity contribution in [3.05, 3.63) is 70.8 Å². The Kier molecular flexibility index (Phi) is 6.61. The van der Waals surface area contributed by atoms with E-state index in [1.807, 2.05) is 36.4 Å². The van der Waals surface area contributed by atoms with Crippen LogP contribution in [0, 0.1) is 23.7 Å². The van der Waals surface area contributed by atoms with Crippen molar-refractivity contribution >= 4 is 23.2 Å². The molecule has 2 aliphatic carbocycles. The summed E-state index contributed by atoms with van der Waals surface area (Å²) in [6.45, 7) is 6.88. The molecule has 2 saturated carbocycles. The van der Waals surface area contributed by atoms with Gasteiger partial charge in [-0.15, -0.1) is 0 Å². The smallest absolute Gasteiger partial charge is 0.236 e. The molecule has 10 nitrogen and oxygen atoms in total. The van der Waals surface area contributed by atoms with Gasteiger partial charge in [-0.1, -0.05) is 35.4 Å². The Morgan fingerprint density at radius 2 is 1.16 bits per heavy atom. The van der Waals surface area contributed by atoms with Crippen molar-refractivity contribution in [1.29, 1.82) is 0 Å². The van der Waals surface area contributed by atoms with E-state index in [-0.39, 0.29) is 36.1 Å². The van der Waals surface area contributed by atoms with Crippen LogP contribution in [0.5, 0.6) is 11.5 Å². The third-order valence-corrected chi connectivity index (χ3v) is 14.2. The minimum Gasteiger partial charge on any atom is -0.497 e. The molecule has 0 radical (unpaired) electrons. The summed E-state index contributed by atoms with van der Waals surface area (Å²) in [7, 11) is 3.27. The Hall–Kier alpha value is -4.02. The Balaban J connectivity index is 1.10. The molecule has 8 saturated heterocycles. The van der Waals surface area contributed by atoms with E-state index >= 15 is 0 Å². The summed E-state index contributed by atoms with van der Waals surface area (Å²) < 4.78 is 24.5. The third kappa shape index (κ3) is 3.76. The molecule has 8 heterocycles. The number of rotatable bonds is 6. The van der Waals surface area contributed by atoms with Crippen molar-refractivity contribution in [2.75, 3.05) is 40.5 Å². The highest BCUT2D eigenvalue weighted by atomic mass is 16.5. The molecule has 0 unspecified atom stereocenters. The zero-order chi connectivity index (χ0) is 34.1. The van der Waals surface area contributed by atoms with Gasteiger partial charge in [-0.05, 0) is 74.6 Å². The summed E-state index contributed by atoms with van der Waals surface area (Å²) >= 11 is 0. The van der Waals surface area contributed by atoms with Crippen LogP contribution in [-0.4, -0.2) is 86.4 Å². The maximum absolute atomic E-state index is 14.7. The summed E-state index contributed by atoms with van der Waals surface area (Å²) in [6.07, 6.45) is 6.96. The lowest BCUT2D eigenvalue weighted by molar-refractivity contribution is -0.155. The number of amides is 2. The van der Waals surface area contributed by atoms with Crippen LogP contribution in [0.15, 0.2) is 69.9 Å². The second kappa shape index (κ2) is 10.7. The van der Waals surface area contributed by atoms with Crippen LogP contribution in [0.3, 0.4) is 0 Å². The van der Waals surface area contributed by atoms with Crippen LogP contribution in [-0.2, 0) is 29.9 Å². The first-order valence-corrected chi connectivity index (χ1v) is 18.3. The normalized spacial score (nSPS) is 40.6. The fourth-order valence-corrected chi connectivity index (χ4v) is 11.8. The summed E-state index contributed by atoms with van der Waals surface area (Å²) in [5.41, 5.74) is 3.81. The molecular weight excluding hydrogens is 632 g/mol. The van der Waals surface area contributed by atoms with E-state index in [2.05, 4.69) is 35.8 Å². The second-order valence-electron chi connectivity index (χ2n) is 15.7. The zero-order valence-electron chi connectivity index (χ0n) is 29.1. The van der Waals surface area contributed by atoms with Crippen LogP contribution >= 0.6 is 0 Å². The number of fused-ring (bicyclic) bond motifs is 2.